The Morgan fingerprint density at radius 1 is 1.15 bits per heavy atom. The van der Waals surface area contributed by atoms with Gasteiger partial charge in [0.2, 0.25) is 11.8 Å². The second kappa shape index (κ2) is 6.18. The lowest BCUT2D eigenvalue weighted by Crippen LogP contribution is -2.47. The molecule has 2 aromatic rings. The van der Waals surface area contributed by atoms with Gasteiger partial charge in [0.25, 0.3) is 5.56 Å². The smallest absolute Gasteiger partial charge is 0.261 e. The number of hydrogen-bond donors (Lipinski definition) is 0. The number of hydrogen-bond acceptors (Lipinski definition) is 4. The first-order valence-corrected chi connectivity index (χ1v) is 9.69. The first-order chi connectivity index (χ1) is 13.1. The molecular weight excluding hydrogens is 344 g/mol. The molecule has 0 spiro atoms. The van der Waals surface area contributed by atoms with Crippen molar-refractivity contribution in [3.05, 3.63) is 40.4 Å². The zero-order valence-electron chi connectivity index (χ0n) is 15.1. The molecular formula is C20H22N4O3. The van der Waals surface area contributed by atoms with Gasteiger partial charge in [-0.1, -0.05) is 12.1 Å². The summed E-state index contributed by atoms with van der Waals surface area (Å²) in [6, 6.07) is 7.47. The minimum absolute atomic E-state index is 0.00196. The van der Waals surface area contributed by atoms with Gasteiger partial charge in [0.05, 0.1) is 23.5 Å². The van der Waals surface area contributed by atoms with Crippen molar-refractivity contribution < 1.29 is 9.59 Å². The fraction of sp³-hybridized carbons (Fsp3) is 0.500. The van der Waals surface area contributed by atoms with Crippen molar-refractivity contribution in [1.29, 1.82) is 0 Å². The molecule has 0 radical (unpaired) electrons. The van der Waals surface area contributed by atoms with Crippen molar-refractivity contribution in [2.75, 3.05) is 13.1 Å². The summed E-state index contributed by atoms with van der Waals surface area (Å²) >= 11 is 0. The average molecular weight is 366 g/mol. The van der Waals surface area contributed by atoms with E-state index in [2.05, 4.69) is 0 Å². The Morgan fingerprint density at radius 2 is 1.96 bits per heavy atom. The van der Waals surface area contributed by atoms with Crippen molar-refractivity contribution in [3.63, 3.8) is 0 Å². The quantitative estimate of drug-likeness (QED) is 0.793. The molecule has 0 N–H and O–H groups in total. The van der Waals surface area contributed by atoms with E-state index >= 15 is 0 Å². The van der Waals surface area contributed by atoms with Crippen LogP contribution in [0.25, 0.3) is 10.9 Å². The number of nitrogens with zero attached hydrogens (tertiary/aromatic N) is 4. The van der Waals surface area contributed by atoms with Crippen LogP contribution >= 0.6 is 0 Å². The molecule has 3 aliphatic rings. The predicted octanol–water partition coefficient (Wildman–Crippen LogP) is 0.935. The highest BCUT2D eigenvalue weighted by Crippen LogP contribution is 2.31. The number of rotatable bonds is 2. The summed E-state index contributed by atoms with van der Waals surface area (Å²) < 4.78 is 1.76. The molecule has 2 fully saturated rings. The third kappa shape index (κ3) is 2.64. The summed E-state index contributed by atoms with van der Waals surface area (Å²) in [5.74, 6) is 0.835. The Bertz CT molecular complexity index is 998. The number of likely N-dealkylation sites (tertiary alicyclic amines) is 1. The van der Waals surface area contributed by atoms with E-state index in [0.29, 0.717) is 36.8 Å². The molecule has 27 heavy (non-hydrogen) atoms. The van der Waals surface area contributed by atoms with Crippen LogP contribution in [0.1, 0.15) is 31.5 Å². The molecule has 2 bridgehead atoms. The van der Waals surface area contributed by atoms with E-state index in [0.717, 1.165) is 25.1 Å². The van der Waals surface area contributed by atoms with E-state index in [9.17, 15) is 14.4 Å². The third-order valence-electron chi connectivity index (χ3n) is 6.16. The van der Waals surface area contributed by atoms with Crippen LogP contribution in [0.4, 0.5) is 0 Å². The monoisotopic (exact) mass is 366 g/mol. The maximum atomic E-state index is 13.0. The van der Waals surface area contributed by atoms with E-state index in [1.165, 1.54) is 0 Å². The zero-order valence-corrected chi connectivity index (χ0v) is 15.1. The highest BCUT2D eigenvalue weighted by molar-refractivity contribution is 5.86. The van der Waals surface area contributed by atoms with Crippen molar-refractivity contribution >= 4 is 22.7 Å². The molecule has 7 heteroatoms. The van der Waals surface area contributed by atoms with Gasteiger partial charge < -0.3 is 9.80 Å². The summed E-state index contributed by atoms with van der Waals surface area (Å²) in [4.78, 5) is 46.2. The van der Waals surface area contributed by atoms with Crippen LogP contribution in [0.5, 0.6) is 0 Å². The van der Waals surface area contributed by atoms with Crippen LogP contribution < -0.4 is 5.56 Å². The third-order valence-corrected chi connectivity index (χ3v) is 6.16. The zero-order chi connectivity index (χ0) is 18.5. The Kier molecular flexibility index (Phi) is 3.77. The number of carbonyl (C=O) groups is 2. The second-order valence-corrected chi connectivity index (χ2v) is 7.77. The Morgan fingerprint density at radius 3 is 2.78 bits per heavy atom. The normalized spacial score (nSPS) is 24.4. The fourth-order valence-electron chi connectivity index (χ4n) is 4.84. The summed E-state index contributed by atoms with van der Waals surface area (Å²) in [5, 5.41) is 0.625. The van der Waals surface area contributed by atoms with Gasteiger partial charge in [0.1, 0.15) is 5.82 Å². The molecule has 0 saturated carbocycles. The van der Waals surface area contributed by atoms with Crippen molar-refractivity contribution in [2.45, 2.75) is 50.7 Å². The SMILES string of the molecule is O=C1CCCN1CC(=O)N1C2CCC1Cn1c(nc3ccccc3c1=O)C2. The average Bonchev–Trinajstić information content (AvgIpc) is 3.18. The van der Waals surface area contributed by atoms with Gasteiger partial charge in [-0.05, 0) is 31.4 Å². The number of benzene rings is 1. The predicted molar refractivity (Wildman–Crippen MR) is 99.2 cm³/mol. The van der Waals surface area contributed by atoms with Gasteiger partial charge in [-0.2, -0.15) is 0 Å². The van der Waals surface area contributed by atoms with E-state index in [4.69, 9.17) is 4.98 Å². The second-order valence-electron chi connectivity index (χ2n) is 7.77. The maximum absolute atomic E-state index is 13.0. The van der Waals surface area contributed by atoms with Crippen LogP contribution in [0.2, 0.25) is 0 Å². The number of aromatic nitrogens is 2. The molecule has 1 aromatic carbocycles. The lowest BCUT2D eigenvalue weighted by atomic mass is 10.1. The summed E-state index contributed by atoms with van der Waals surface area (Å²) in [5.41, 5.74) is 0.692. The Balaban J connectivity index is 1.47. The highest BCUT2D eigenvalue weighted by Gasteiger charge is 2.41. The molecule has 0 aliphatic carbocycles. The van der Waals surface area contributed by atoms with E-state index in [1.54, 1.807) is 9.47 Å². The van der Waals surface area contributed by atoms with E-state index < -0.39 is 0 Å². The Labute approximate surface area is 156 Å². The van der Waals surface area contributed by atoms with Gasteiger partial charge in [-0.25, -0.2) is 4.98 Å². The minimum atomic E-state index is -0.0229. The van der Waals surface area contributed by atoms with Crippen LogP contribution in [0.15, 0.2) is 29.1 Å². The highest BCUT2D eigenvalue weighted by atomic mass is 16.2. The van der Waals surface area contributed by atoms with Gasteiger partial charge in [-0.3, -0.25) is 19.0 Å². The van der Waals surface area contributed by atoms with Crippen LogP contribution in [0.3, 0.4) is 0 Å². The Hall–Kier alpha value is -2.70. The first-order valence-electron chi connectivity index (χ1n) is 9.69. The summed E-state index contributed by atoms with van der Waals surface area (Å²) in [7, 11) is 0. The lowest BCUT2D eigenvalue weighted by molar-refractivity contribution is -0.140. The summed E-state index contributed by atoms with van der Waals surface area (Å²) in [6.07, 6.45) is 3.78. The molecule has 2 atom stereocenters. The molecule has 7 nitrogen and oxygen atoms in total. The minimum Gasteiger partial charge on any atom is -0.333 e. The van der Waals surface area contributed by atoms with Crippen molar-refractivity contribution in [3.8, 4) is 0 Å². The van der Waals surface area contributed by atoms with Crippen molar-refractivity contribution in [2.24, 2.45) is 0 Å². The van der Waals surface area contributed by atoms with Crippen molar-refractivity contribution in [1.82, 2.24) is 19.4 Å². The van der Waals surface area contributed by atoms with Gasteiger partial charge in [0.15, 0.2) is 0 Å². The topological polar surface area (TPSA) is 75.5 Å². The molecule has 5 rings (SSSR count). The summed E-state index contributed by atoms with van der Waals surface area (Å²) in [6.45, 7) is 1.31. The van der Waals surface area contributed by atoms with E-state index in [1.807, 2.05) is 29.2 Å². The number of amides is 2. The van der Waals surface area contributed by atoms with E-state index in [-0.39, 0.29) is 36.0 Å². The maximum Gasteiger partial charge on any atom is 0.261 e. The molecule has 2 saturated heterocycles. The van der Waals surface area contributed by atoms with Gasteiger partial charge >= 0.3 is 0 Å². The number of carbonyl (C=O) groups excluding carboxylic acids is 2. The first kappa shape index (κ1) is 16.5. The molecule has 140 valence electrons. The standard InChI is InChI=1S/C20H22N4O3/c25-18-6-3-9-22(18)12-19(26)24-13-7-8-14(24)11-23-17(10-13)21-16-5-2-1-4-15(16)20(23)27/h1-2,4-5,13-14H,3,6-12H2. The van der Waals surface area contributed by atoms with Crippen LogP contribution in [-0.4, -0.2) is 56.3 Å². The van der Waals surface area contributed by atoms with Gasteiger partial charge in [0, 0.05) is 32.0 Å². The number of fused-ring (bicyclic) bond motifs is 4. The van der Waals surface area contributed by atoms with Crippen LogP contribution in [0, 0.1) is 0 Å². The molecule has 2 unspecified atom stereocenters. The molecule has 2 amide bonds. The lowest BCUT2D eigenvalue weighted by Gasteiger charge is -2.29. The molecule has 4 heterocycles. The van der Waals surface area contributed by atoms with Crippen LogP contribution in [-0.2, 0) is 22.6 Å². The number of para-hydroxylation sites is 1. The largest absolute Gasteiger partial charge is 0.333 e. The molecule has 3 aliphatic heterocycles. The fourth-order valence-corrected chi connectivity index (χ4v) is 4.84. The molecule has 1 aromatic heterocycles. The van der Waals surface area contributed by atoms with Gasteiger partial charge in [-0.15, -0.1) is 0 Å².